The maximum atomic E-state index is 9.25. The van der Waals surface area contributed by atoms with Gasteiger partial charge in [-0.1, -0.05) is 107 Å². The quantitative estimate of drug-likeness (QED) is 0.156. The van der Waals surface area contributed by atoms with Gasteiger partial charge < -0.3 is 0 Å². The molecule has 0 N–H and O–H groups in total. The lowest BCUT2D eigenvalue weighted by Gasteiger charge is -2.23. The third-order valence-electron chi connectivity index (χ3n) is 17.7. The average Bonchev–Trinajstić information content (AvgIpc) is 1.52. The second-order valence-corrected chi connectivity index (χ2v) is 24.5. The van der Waals surface area contributed by atoms with E-state index in [1.807, 2.05) is 84.5 Å². The molecule has 5 aliphatic rings. The molecule has 416 valence electrons. The molecule has 0 bridgehead atoms. The third-order valence-corrected chi connectivity index (χ3v) is 17.7. The van der Waals surface area contributed by atoms with Crippen molar-refractivity contribution in [2.75, 3.05) is 0 Å². The van der Waals surface area contributed by atoms with Gasteiger partial charge in [0, 0.05) is 107 Å². The molecular formula is C76H85N6+3. The lowest BCUT2D eigenvalue weighted by Crippen LogP contribution is -2.32. The molecule has 2 fully saturated rings. The van der Waals surface area contributed by atoms with Crippen molar-refractivity contribution >= 4 is 0 Å². The third kappa shape index (κ3) is 10.5. The largest absolute Gasteiger partial charge is 0.260 e. The Hall–Kier alpha value is -7.44. The van der Waals surface area contributed by atoms with E-state index in [4.69, 9.17) is 16.4 Å². The number of nitrogens with zero attached hydrogens (tertiary/aromatic N) is 6. The van der Waals surface area contributed by atoms with Gasteiger partial charge in [-0.15, -0.1) is 0 Å². The molecule has 3 aromatic carbocycles. The molecule has 9 aromatic rings. The van der Waals surface area contributed by atoms with Gasteiger partial charge in [0.15, 0.2) is 18.6 Å². The first kappa shape index (κ1) is 41.5. The van der Waals surface area contributed by atoms with Gasteiger partial charge in [-0.2, -0.15) is 0 Å². The molecule has 0 unspecified atom stereocenters. The van der Waals surface area contributed by atoms with Crippen molar-refractivity contribution in [2.24, 2.45) is 26.6 Å². The standard InChI is InChI=1S/C26H29N2.C25H27N2.C25H29N2/c1-17-11-12-20-21-10-7-13-27-24(21)14-23(20)26(17)25-15-22(18(2)16-28(25)3)19-8-5-4-6-9-19;1-16-10-11-19-20-9-6-12-26-23(20)13-22(19)25(16)24-14-21(17(2)15-27(24)3)18-7-4-5-8-18;1-16-9-10-19-20-8-7-11-26-22(20)13-21(19)24(16)23-12-18(14-25(3,4)5)17(2)15-27(23)6/h7,10-13,15-16,19H,4-6,8-9,14H2,1-3H3;6,9-12,14-15,18H,4-5,7-8,13H2,1-3H3;7-12,15H,13-14H2,1-6H3/q3*+1/i2D3,19D;2D3,18D;2D3,14D2. The Morgan fingerprint density at radius 1 is 0.463 bits per heavy atom. The molecule has 6 aromatic heterocycles. The highest BCUT2D eigenvalue weighted by Gasteiger charge is 2.33. The van der Waals surface area contributed by atoms with Crippen molar-refractivity contribution in [1.82, 2.24) is 15.0 Å². The fraction of sp³-hybridized carbons (Fsp3) is 0.368. The van der Waals surface area contributed by atoms with Gasteiger partial charge in [-0.3, -0.25) is 15.0 Å². The van der Waals surface area contributed by atoms with Gasteiger partial charge in [0.25, 0.3) is 0 Å². The summed E-state index contributed by atoms with van der Waals surface area (Å²) < 4.78 is 115. The van der Waals surface area contributed by atoms with Gasteiger partial charge >= 0.3 is 0 Å². The van der Waals surface area contributed by atoms with Crippen LogP contribution in [0.2, 0.25) is 0 Å². The lowest BCUT2D eigenvalue weighted by molar-refractivity contribution is -0.661. The highest BCUT2D eigenvalue weighted by molar-refractivity contribution is 5.86. The monoisotopic (exact) mass is 1090 g/mol. The zero-order valence-corrected chi connectivity index (χ0v) is 49.3. The summed E-state index contributed by atoms with van der Waals surface area (Å²) in [5.74, 6) is -1.68. The molecule has 6 heterocycles. The van der Waals surface area contributed by atoms with Crippen molar-refractivity contribution in [3.05, 3.63) is 212 Å². The molecular weight excluding hydrogens is 997 g/mol. The zero-order chi connectivity index (χ0) is 68.3. The van der Waals surface area contributed by atoms with Gasteiger partial charge in [0.2, 0.25) is 17.1 Å². The number of pyridine rings is 6. The van der Waals surface area contributed by atoms with E-state index in [1.165, 1.54) is 33.4 Å². The van der Waals surface area contributed by atoms with Crippen LogP contribution in [-0.4, -0.2) is 15.0 Å². The molecule has 0 amide bonds. The minimum Gasteiger partial charge on any atom is -0.260 e. The summed E-state index contributed by atoms with van der Waals surface area (Å²) in [4.78, 5) is 13.7. The Kier molecular flexibility index (Phi) is 11.3. The predicted molar refractivity (Wildman–Crippen MR) is 336 cm³/mol. The van der Waals surface area contributed by atoms with Crippen LogP contribution in [0.4, 0.5) is 0 Å². The Balaban J connectivity index is 0.000000136. The van der Waals surface area contributed by atoms with Crippen molar-refractivity contribution in [3.63, 3.8) is 0 Å². The molecule has 2 saturated carbocycles. The molecule has 82 heavy (non-hydrogen) atoms. The minimum absolute atomic E-state index is 0.0545. The molecule has 0 radical (unpaired) electrons. The summed E-state index contributed by atoms with van der Waals surface area (Å²) in [6.45, 7) is 4.76. The molecule has 0 saturated heterocycles. The second-order valence-electron chi connectivity index (χ2n) is 24.5. The lowest BCUT2D eigenvalue weighted by atomic mass is 9.82. The molecule has 5 aliphatic carbocycles. The van der Waals surface area contributed by atoms with E-state index in [2.05, 4.69) is 83.4 Å². The predicted octanol–water partition coefficient (Wildman–Crippen LogP) is 16.6. The van der Waals surface area contributed by atoms with Crippen LogP contribution in [0, 0.1) is 46.7 Å². The number of benzene rings is 3. The van der Waals surface area contributed by atoms with E-state index >= 15 is 0 Å². The fourth-order valence-corrected chi connectivity index (χ4v) is 13.8. The molecule has 14 rings (SSSR count). The highest BCUT2D eigenvalue weighted by atomic mass is 14.9. The summed E-state index contributed by atoms with van der Waals surface area (Å²) in [6, 6.07) is 30.8. The summed E-state index contributed by atoms with van der Waals surface area (Å²) in [6.07, 6.45) is 18.8. The van der Waals surface area contributed by atoms with Crippen LogP contribution in [-0.2, 0) is 46.8 Å². The van der Waals surface area contributed by atoms with Gasteiger partial charge in [-0.25, -0.2) is 13.7 Å². The topological polar surface area (TPSA) is 50.3 Å². The van der Waals surface area contributed by atoms with Crippen molar-refractivity contribution < 1.29 is 31.5 Å². The number of aromatic nitrogens is 6. The van der Waals surface area contributed by atoms with Crippen LogP contribution in [0.15, 0.2) is 128 Å². The first-order valence-corrected chi connectivity index (χ1v) is 29.5. The smallest absolute Gasteiger partial charge is 0.213 e. The molecule has 6 heteroatoms. The maximum absolute atomic E-state index is 9.25. The van der Waals surface area contributed by atoms with Crippen LogP contribution in [0.1, 0.15) is 192 Å². The molecule has 0 aliphatic heterocycles. The van der Waals surface area contributed by atoms with Crippen LogP contribution in [0.3, 0.4) is 0 Å². The van der Waals surface area contributed by atoms with E-state index in [1.54, 1.807) is 51.6 Å². The zero-order valence-electron chi connectivity index (χ0n) is 62.3. The first-order valence-electron chi connectivity index (χ1n) is 36.0. The Bertz CT molecular complexity index is 4520. The second kappa shape index (κ2) is 22.4. The fourth-order valence-electron chi connectivity index (χ4n) is 13.8. The van der Waals surface area contributed by atoms with E-state index in [-0.39, 0.29) is 11.1 Å². The Morgan fingerprint density at radius 2 is 0.817 bits per heavy atom. The summed E-state index contributed by atoms with van der Waals surface area (Å²) in [7, 11) is 5.67. The van der Waals surface area contributed by atoms with Crippen molar-refractivity contribution in [1.29, 1.82) is 0 Å². The van der Waals surface area contributed by atoms with Crippen LogP contribution >= 0.6 is 0 Å². The van der Waals surface area contributed by atoms with Crippen LogP contribution in [0.25, 0.3) is 67.2 Å². The van der Waals surface area contributed by atoms with Crippen molar-refractivity contribution in [3.8, 4) is 67.2 Å². The SMILES string of the molecule is [2H]C([2H])([2H])c1c[n+](C)c(-c2c(C)ccc3c2Cc2ncccc2-3)cc1C([2H])([2H])C(C)(C)C.[2H]C([2H])([2H])c1c[n+](C)c(-c2c(C)ccc3c2Cc2ncccc2-3)cc1C1([2H])CCCC1.[2H]C([2H])([2H])c1c[n+](C)c(-c2c(C)ccc3c2Cc2ncccc2-3)cc1C1([2H])CCCCC1. The Morgan fingerprint density at radius 3 is 1.18 bits per heavy atom. The normalized spacial score (nSPS) is 18.7. The summed E-state index contributed by atoms with van der Waals surface area (Å²) in [5.41, 5.74) is 24.7. The van der Waals surface area contributed by atoms with E-state index in [9.17, 15) is 1.37 Å². The summed E-state index contributed by atoms with van der Waals surface area (Å²) >= 11 is 0. The minimum atomic E-state index is -2.42. The van der Waals surface area contributed by atoms with Gasteiger partial charge in [0.1, 0.15) is 21.1 Å². The summed E-state index contributed by atoms with van der Waals surface area (Å²) in [5, 5.41) is 0. The number of rotatable bonds is 6. The molecule has 0 spiro atoms. The maximum Gasteiger partial charge on any atom is 0.213 e. The number of hydrogen-bond donors (Lipinski definition) is 0. The van der Waals surface area contributed by atoms with Crippen LogP contribution in [0.5, 0.6) is 0 Å². The highest BCUT2D eigenvalue weighted by Crippen LogP contribution is 2.46. The molecule has 0 atom stereocenters. The van der Waals surface area contributed by atoms with E-state index < -0.39 is 44.1 Å². The first-order chi connectivity index (χ1) is 44.6. The van der Waals surface area contributed by atoms with E-state index in [0.29, 0.717) is 54.4 Å². The molecule has 6 nitrogen and oxygen atoms in total. The van der Waals surface area contributed by atoms with Crippen LogP contribution < -0.4 is 13.7 Å². The van der Waals surface area contributed by atoms with Crippen molar-refractivity contribution in [2.45, 2.75) is 157 Å². The van der Waals surface area contributed by atoms with Gasteiger partial charge in [-0.05, 0) is 176 Å². The number of hydrogen-bond acceptors (Lipinski definition) is 3. The van der Waals surface area contributed by atoms with E-state index in [0.717, 1.165) is 129 Å². The average molecular weight is 1100 g/mol. The Labute approximate surface area is 507 Å². The van der Waals surface area contributed by atoms with Gasteiger partial charge in [0.05, 0.1) is 33.8 Å². The number of fused-ring (bicyclic) bond motifs is 9. The number of aryl methyl sites for hydroxylation is 9.